The Morgan fingerprint density at radius 1 is 0.500 bits per heavy atom. The molecule has 0 aromatic heterocycles. The molecular formula is C44H57BrMnN2O2. The molecule has 0 spiro atoms. The number of hydrogen-bond donors (Lipinski definition) is 2. The number of hydrogen-bond acceptors (Lipinski definition) is 4. The first-order valence-corrected chi connectivity index (χ1v) is 19.8. The van der Waals surface area contributed by atoms with Gasteiger partial charge in [0.1, 0.15) is 0 Å². The van der Waals surface area contributed by atoms with Crippen LogP contribution in [0.5, 0.6) is 11.5 Å². The van der Waals surface area contributed by atoms with Crippen molar-refractivity contribution in [2.75, 3.05) is 0 Å². The van der Waals surface area contributed by atoms with Crippen LogP contribution in [0.4, 0.5) is 0 Å². The fourth-order valence-electron chi connectivity index (χ4n) is 6.29. The summed E-state index contributed by atoms with van der Waals surface area (Å²) < 4.78 is 11.0. The van der Waals surface area contributed by atoms with Crippen molar-refractivity contribution < 1.29 is 23.5 Å². The first kappa shape index (κ1) is 39.6. The van der Waals surface area contributed by atoms with Gasteiger partial charge in [-0.25, -0.2) is 0 Å². The van der Waals surface area contributed by atoms with Gasteiger partial charge in [0.25, 0.3) is 0 Å². The fourth-order valence-corrected chi connectivity index (χ4v) is 11.4. The van der Waals surface area contributed by atoms with E-state index in [-0.39, 0.29) is 59.8 Å². The number of benzene rings is 4. The molecule has 4 aromatic carbocycles. The Kier molecular flexibility index (Phi) is 11.2. The zero-order valence-corrected chi connectivity index (χ0v) is 34.9. The van der Waals surface area contributed by atoms with Gasteiger partial charge in [0.15, 0.2) is 0 Å². The molecule has 4 aromatic rings. The fraction of sp³-hybridized carbons (Fsp3) is 0.409. The van der Waals surface area contributed by atoms with Gasteiger partial charge < -0.3 is 0 Å². The topological polar surface area (TPSA) is 65.2 Å². The number of phenolic OH excluding ortho intramolecular Hbond substituents is 2. The standard InChI is InChI=1S/2C15H22NO.C14H12.BrH.Mn/c2*1-14(2,3)11-7-10(9-16)13(17)12(8-11)15(4,5)6;1-3-7-13(8-4-1)11-12-14-9-5-2-6-10-14;;/h2*7-9,17H,1-6H3;1-12H;1H;/q2*-1;;;+2. The molecule has 1 aliphatic heterocycles. The van der Waals surface area contributed by atoms with Gasteiger partial charge in [-0.1, -0.05) is 0 Å². The summed E-state index contributed by atoms with van der Waals surface area (Å²) in [4.78, 5) is 0.186. The molecule has 2 atom stereocenters. The average molecular weight is 781 g/mol. The van der Waals surface area contributed by atoms with E-state index in [1.807, 2.05) is 24.6 Å². The van der Waals surface area contributed by atoms with Gasteiger partial charge in [0, 0.05) is 0 Å². The summed E-state index contributed by atoms with van der Waals surface area (Å²) in [5, 5.41) is 23.4. The maximum atomic E-state index is 11.7. The van der Waals surface area contributed by atoms with Crippen molar-refractivity contribution in [1.82, 2.24) is 0 Å². The Morgan fingerprint density at radius 2 is 0.820 bits per heavy atom. The van der Waals surface area contributed by atoms with E-state index in [1.54, 1.807) is 0 Å². The summed E-state index contributed by atoms with van der Waals surface area (Å²) in [6.07, 6.45) is 3.80. The van der Waals surface area contributed by atoms with Crippen LogP contribution in [0.3, 0.4) is 0 Å². The van der Waals surface area contributed by atoms with Crippen LogP contribution in [-0.4, -0.2) is 22.6 Å². The minimum atomic E-state index is -2.97. The van der Waals surface area contributed by atoms with E-state index in [2.05, 4.69) is 156 Å². The quantitative estimate of drug-likeness (QED) is 0.151. The van der Waals surface area contributed by atoms with E-state index in [0.717, 1.165) is 33.4 Å². The third kappa shape index (κ3) is 8.14. The predicted molar refractivity (Wildman–Crippen MR) is 215 cm³/mol. The van der Waals surface area contributed by atoms with Crippen molar-refractivity contribution in [2.45, 2.75) is 114 Å². The van der Waals surface area contributed by atoms with E-state index >= 15 is 0 Å². The molecule has 50 heavy (non-hydrogen) atoms. The molecule has 1 saturated heterocycles. The van der Waals surface area contributed by atoms with Crippen molar-refractivity contribution >= 4 is 29.4 Å². The summed E-state index contributed by atoms with van der Waals surface area (Å²) in [5.41, 5.74) is 7.29. The molecule has 0 aliphatic carbocycles. The Labute approximate surface area is 314 Å². The number of aromatic hydroxyl groups is 2. The van der Waals surface area contributed by atoms with Crippen LogP contribution < -0.4 is 0 Å². The number of nitrogens with zero attached hydrogens (tertiary/aromatic N) is 2. The number of halogens is 1. The molecular weight excluding hydrogens is 723 g/mol. The van der Waals surface area contributed by atoms with Crippen LogP contribution in [0.15, 0.2) is 92.9 Å². The molecule has 0 saturated carbocycles. The zero-order valence-electron chi connectivity index (χ0n) is 32.0. The van der Waals surface area contributed by atoms with Crippen molar-refractivity contribution in [2.24, 2.45) is 8.02 Å². The molecule has 2 N–H and O–H groups in total. The Morgan fingerprint density at radius 3 is 1.10 bits per heavy atom. The molecule has 0 amide bonds. The summed E-state index contributed by atoms with van der Waals surface area (Å²) in [6, 6.07) is 29.7. The minimum absolute atomic E-state index is 0. The van der Waals surface area contributed by atoms with Crippen LogP contribution >= 0.6 is 17.0 Å². The maximum absolute atomic E-state index is 11.7. The summed E-state index contributed by atoms with van der Waals surface area (Å²) in [6.45, 7) is 26.0. The van der Waals surface area contributed by atoms with Crippen molar-refractivity contribution in [3.8, 4) is 11.5 Å². The van der Waals surface area contributed by atoms with Crippen LogP contribution in [0.25, 0.3) is 0 Å². The Balaban J connectivity index is 0.00000562. The number of phenols is 2. The van der Waals surface area contributed by atoms with Crippen molar-refractivity contribution in [1.29, 1.82) is 0 Å². The van der Waals surface area contributed by atoms with Gasteiger partial charge in [-0.15, -0.1) is 17.0 Å². The van der Waals surface area contributed by atoms with Crippen LogP contribution in [0.2, 0.25) is 0 Å². The zero-order chi connectivity index (χ0) is 36.2. The molecule has 0 unspecified atom stereocenters. The second kappa shape index (κ2) is 14.1. The summed E-state index contributed by atoms with van der Waals surface area (Å²) in [5.74, 6) is 0.549. The first-order valence-electron chi connectivity index (χ1n) is 17.4. The van der Waals surface area contributed by atoms with E-state index in [4.69, 9.17) is 8.02 Å². The monoisotopic (exact) mass is 779 g/mol. The van der Waals surface area contributed by atoms with Gasteiger partial charge in [-0.3, -0.25) is 0 Å². The van der Waals surface area contributed by atoms with E-state index in [0.29, 0.717) is 0 Å². The van der Waals surface area contributed by atoms with Gasteiger partial charge in [-0.05, 0) is 0 Å². The second-order valence-electron chi connectivity index (χ2n) is 17.6. The van der Waals surface area contributed by atoms with Crippen molar-refractivity contribution in [3.05, 3.63) is 129 Å². The summed E-state index contributed by atoms with van der Waals surface area (Å²) >= 11 is -2.97. The molecule has 269 valence electrons. The third-order valence-electron chi connectivity index (χ3n) is 9.43. The molecule has 1 aliphatic rings. The van der Waals surface area contributed by atoms with Gasteiger partial charge in [0.2, 0.25) is 0 Å². The van der Waals surface area contributed by atoms with E-state index in [9.17, 15) is 10.2 Å². The predicted octanol–water partition coefficient (Wildman–Crippen LogP) is 11.9. The van der Waals surface area contributed by atoms with Gasteiger partial charge in [0.05, 0.1) is 0 Å². The first-order chi connectivity index (χ1) is 22.6. The van der Waals surface area contributed by atoms with E-state index < -0.39 is 13.3 Å². The van der Waals surface area contributed by atoms with Gasteiger partial charge in [-0.2, -0.15) is 0 Å². The second-order valence-corrected chi connectivity index (χ2v) is 21.5. The molecule has 0 radical (unpaired) electrons. The van der Waals surface area contributed by atoms with Crippen LogP contribution in [-0.2, 0) is 34.9 Å². The van der Waals surface area contributed by atoms with Gasteiger partial charge >= 0.3 is 299 Å². The van der Waals surface area contributed by atoms with Crippen LogP contribution in [0, 0.1) is 0 Å². The molecule has 4 nitrogen and oxygen atoms in total. The normalized spacial score (nSPS) is 21.2. The number of rotatable bonds is 6. The third-order valence-corrected chi connectivity index (χ3v) is 14.0. The molecule has 6 heteroatoms. The Hall–Kier alpha value is -3.18. The Bertz CT molecular complexity index is 1730. The molecule has 1 fully saturated rings. The SMILES string of the molecule is Br.CC(C)(C)c1cc(C=[N][Mn]2([N]=Cc3cc(C(C)(C)C)cc(C(C)(C)C)c3O)[C@H](c3ccccc3)[C@H]2c2ccccc2)c(O)c(C(C)(C)C)c1. The van der Waals surface area contributed by atoms with Crippen molar-refractivity contribution in [3.63, 3.8) is 0 Å². The van der Waals surface area contributed by atoms with Crippen LogP contribution in [0.1, 0.15) is 137 Å². The molecule has 0 bridgehead atoms. The average Bonchev–Trinajstić information content (AvgIpc) is 3.67. The molecule has 1 heterocycles. The molecule has 5 rings (SSSR count). The summed E-state index contributed by atoms with van der Waals surface area (Å²) in [7, 11) is 0. The van der Waals surface area contributed by atoms with E-state index in [1.165, 1.54) is 11.1 Å².